The van der Waals surface area contributed by atoms with E-state index in [0.717, 1.165) is 13.0 Å². The van der Waals surface area contributed by atoms with Gasteiger partial charge in [0.25, 0.3) is 0 Å². The van der Waals surface area contributed by atoms with Gasteiger partial charge in [-0.1, -0.05) is 0 Å². The Morgan fingerprint density at radius 2 is 2.13 bits per heavy atom. The van der Waals surface area contributed by atoms with Crippen LogP contribution in [-0.2, 0) is 4.79 Å². The van der Waals surface area contributed by atoms with Crippen LogP contribution in [0.4, 0.5) is 13.2 Å². The molecule has 3 nitrogen and oxygen atoms in total. The molecule has 1 N–H and O–H groups in total. The molecule has 1 rings (SSSR count). The van der Waals surface area contributed by atoms with Gasteiger partial charge in [-0.15, -0.1) is 0 Å². The number of rotatable bonds is 2. The van der Waals surface area contributed by atoms with Gasteiger partial charge in [-0.25, -0.2) is 0 Å². The number of likely N-dealkylation sites (tertiary alicyclic amines) is 1. The van der Waals surface area contributed by atoms with E-state index in [1.54, 1.807) is 18.9 Å². The van der Waals surface area contributed by atoms with Crippen molar-refractivity contribution in [1.29, 1.82) is 0 Å². The molecule has 1 heterocycles. The van der Waals surface area contributed by atoms with Crippen LogP contribution in [0.2, 0.25) is 0 Å². The Kier molecular flexibility index (Phi) is 3.28. The highest BCUT2D eigenvalue weighted by atomic mass is 19.4. The number of hydrogen-bond acceptors (Lipinski definition) is 2. The Morgan fingerprint density at radius 3 is 2.53 bits per heavy atom. The monoisotopic (exact) mass is 224 g/mol. The van der Waals surface area contributed by atoms with Crippen LogP contribution >= 0.6 is 0 Å². The number of carbonyl (C=O) groups is 1. The van der Waals surface area contributed by atoms with E-state index in [9.17, 15) is 18.0 Å². The van der Waals surface area contributed by atoms with E-state index < -0.39 is 24.2 Å². The Balaban J connectivity index is 2.53. The third-order valence-electron chi connectivity index (χ3n) is 2.94. The van der Waals surface area contributed by atoms with Crippen molar-refractivity contribution in [3.05, 3.63) is 0 Å². The molecule has 0 aromatic rings. The molecular formula is C9H15F3N2O. The van der Waals surface area contributed by atoms with Gasteiger partial charge in [0, 0.05) is 0 Å². The molecule has 0 spiro atoms. The average Bonchev–Trinajstić information content (AvgIpc) is 2.43. The topological polar surface area (TPSA) is 32.3 Å². The number of carbonyl (C=O) groups excluding carboxylic acids is 1. The smallest absolute Gasteiger partial charge is 0.345 e. The average molecular weight is 224 g/mol. The maximum absolute atomic E-state index is 11.9. The van der Waals surface area contributed by atoms with Crippen LogP contribution in [0.5, 0.6) is 0 Å². The molecule has 6 heteroatoms. The Labute approximate surface area is 86.6 Å². The van der Waals surface area contributed by atoms with Crippen LogP contribution in [0.1, 0.15) is 19.8 Å². The molecule has 15 heavy (non-hydrogen) atoms. The summed E-state index contributed by atoms with van der Waals surface area (Å²) in [6.45, 7) is 1.16. The molecule has 1 aliphatic heterocycles. The van der Waals surface area contributed by atoms with E-state index in [2.05, 4.69) is 0 Å². The minimum atomic E-state index is -4.34. The fourth-order valence-corrected chi connectivity index (χ4v) is 1.76. The van der Waals surface area contributed by atoms with E-state index in [-0.39, 0.29) is 0 Å². The van der Waals surface area contributed by atoms with E-state index >= 15 is 0 Å². The van der Waals surface area contributed by atoms with E-state index in [4.69, 9.17) is 0 Å². The first-order valence-electron chi connectivity index (χ1n) is 4.82. The maximum atomic E-state index is 11.9. The van der Waals surface area contributed by atoms with Gasteiger partial charge in [0.2, 0.25) is 5.91 Å². The molecule has 0 aliphatic carbocycles. The SMILES string of the molecule is CN1CCCC1(C)C(=O)NCC(F)(F)F. The van der Waals surface area contributed by atoms with Crippen molar-refractivity contribution in [2.75, 3.05) is 20.1 Å². The standard InChI is InChI=1S/C9H15F3N2O/c1-8(4-3-5-14(8)2)7(15)13-6-9(10,11)12/h3-6H2,1-2H3,(H,13,15). The van der Waals surface area contributed by atoms with Crippen molar-refractivity contribution < 1.29 is 18.0 Å². The zero-order valence-electron chi connectivity index (χ0n) is 8.82. The van der Waals surface area contributed by atoms with Crippen LogP contribution in [0.25, 0.3) is 0 Å². The van der Waals surface area contributed by atoms with Crippen LogP contribution in [0.15, 0.2) is 0 Å². The van der Waals surface area contributed by atoms with Crippen molar-refractivity contribution in [2.45, 2.75) is 31.5 Å². The summed E-state index contributed by atoms with van der Waals surface area (Å²) in [6.07, 6.45) is -2.90. The minimum Gasteiger partial charge on any atom is -0.345 e. The lowest BCUT2D eigenvalue weighted by atomic mass is 9.98. The van der Waals surface area contributed by atoms with Crippen LogP contribution in [0, 0.1) is 0 Å². The van der Waals surface area contributed by atoms with Crippen molar-refractivity contribution in [1.82, 2.24) is 10.2 Å². The molecule has 88 valence electrons. The molecule has 1 amide bonds. The van der Waals surface area contributed by atoms with Gasteiger partial charge in [-0.3, -0.25) is 9.69 Å². The predicted molar refractivity (Wildman–Crippen MR) is 49.3 cm³/mol. The zero-order chi connectivity index (χ0) is 11.7. The molecule has 1 fully saturated rings. The van der Waals surface area contributed by atoms with Crippen LogP contribution in [0.3, 0.4) is 0 Å². The number of hydrogen-bond donors (Lipinski definition) is 1. The van der Waals surface area contributed by atoms with E-state index in [1.807, 2.05) is 5.32 Å². The summed E-state index contributed by atoms with van der Waals surface area (Å²) < 4.78 is 35.7. The number of halogens is 3. The second kappa shape index (κ2) is 4.00. The Morgan fingerprint density at radius 1 is 1.53 bits per heavy atom. The molecule has 1 aliphatic rings. The summed E-state index contributed by atoms with van der Waals surface area (Å²) in [4.78, 5) is 13.4. The molecule has 0 radical (unpaired) electrons. The fraction of sp³-hybridized carbons (Fsp3) is 0.889. The first-order chi connectivity index (χ1) is 6.76. The second-order valence-corrected chi connectivity index (χ2v) is 4.10. The number of nitrogens with one attached hydrogen (secondary N) is 1. The molecule has 0 saturated carbocycles. The lowest BCUT2D eigenvalue weighted by molar-refractivity contribution is -0.144. The van der Waals surface area contributed by atoms with Gasteiger partial charge in [0.05, 0.1) is 5.54 Å². The lowest BCUT2D eigenvalue weighted by Gasteiger charge is -2.30. The maximum Gasteiger partial charge on any atom is 0.405 e. The summed E-state index contributed by atoms with van der Waals surface area (Å²) in [5, 5.41) is 1.93. The lowest BCUT2D eigenvalue weighted by Crippen LogP contribution is -2.53. The number of amides is 1. The Hall–Kier alpha value is -0.780. The van der Waals surface area contributed by atoms with Crippen molar-refractivity contribution >= 4 is 5.91 Å². The van der Waals surface area contributed by atoms with Gasteiger partial charge < -0.3 is 5.32 Å². The Bertz CT molecular complexity index is 254. The third-order valence-corrected chi connectivity index (χ3v) is 2.94. The summed E-state index contributed by atoms with van der Waals surface area (Å²) in [7, 11) is 1.75. The summed E-state index contributed by atoms with van der Waals surface area (Å²) in [6, 6.07) is 0. The molecular weight excluding hydrogens is 209 g/mol. The quantitative estimate of drug-likeness (QED) is 0.763. The normalized spacial score (nSPS) is 28.1. The second-order valence-electron chi connectivity index (χ2n) is 4.10. The minimum absolute atomic E-state index is 0.542. The highest BCUT2D eigenvalue weighted by Gasteiger charge is 2.42. The fourth-order valence-electron chi connectivity index (χ4n) is 1.76. The molecule has 0 aromatic heterocycles. The van der Waals surface area contributed by atoms with E-state index in [1.165, 1.54) is 0 Å². The molecule has 0 aromatic carbocycles. The highest BCUT2D eigenvalue weighted by Crippen LogP contribution is 2.27. The molecule has 0 bridgehead atoms. The first-order valence-corrected chi connectivity index (χ1v) is 4.82. The number of nitrogens with zero attached hydrogens (tertiary/aromatic N) is 1. The first kappa shape index (κ1) is 12.3. The van der Waals surface area contributed by atoms with Crippen LogP contribution in [-0.4, -0.2) is 42.7 Å². The zero-order valence-corrected chi connectivity index (χ0v) is 8.82. The molecule has 1 unspecified atom stereocenters. The number of likely N-dealkylation sites (N-methyl/N-ethyl adjacent to an activating group) is 1. The van der Waals surface area contributed by atoms with Gasteiger partial charge in [0.1, 0.15) is 6.54 Å². The summed E-state index contributed by atoms with van der Waals surface area (Å²) in [5.74, 6) is -0.542. The van der Waals surface area contributed by atoms with Gasteiger partial charge in [-0.05, 0) is 33.4 Å². The molecule has 1 atom stereocenters. The van der Waals surface area contributed by atoms with Gasteiger partial charge >= 0.3 is 6.18 Å². The highest BCUT2D eigenvalue weighted by molar-refractivity contribution is 5.86. The van der Waals surface area contributed by atoms with Crippen molar-refractivity contribution in [3.63, 3.8) is 0 Å². The summed E-state index contributed by atoms with van der Waals surface area (Å²) in [5.41, 5.74) is -0.786. The largest absolute Gasteiger partial charge is 0.405 e. The van der Waals surface area contributed by atoms with Crippen LogP contribution < -0.4 is 5.32 Å². The number of alkyl halides is 3. The van der Waals surface area contributed by atoms with Crippen molar-refractivity contribution in [3.8, 4) is 0 Å². The van der Waals surface area contributed by atoms with Gasteiger partial charge in [0.15, 0.2) is 0 Å². The van der Waals surface area contributed by atoms with Gasteiger partial charge in [-0.2, -0.15) is 13.2 Å². The summed E-state index contributed by atoms with van der Waals surface area (Å²) >= 11 is 0. The van der Waals surface area contributed by atoms with Crippen molar-refractivity contribution in [2.24, 2.45) is 0 Å². The predicted octanol–water partition coefficient (Wildman–Crippen LogP) is 1.15. The molecule has 1 saturated heterocycles. The third kappa shape index (κ3) is 2.84. The van der Waals surface area contributed by atoms with E-state index in [0.29, 0.717) is 6.42 Å².